The molecule has 2 atom stereocenters. The summed E-state index contributed by atoms with van der Waals surface area (Å²) in [6, 6.07) is 16.2. The van der Waals surface area contributed by atoms with Gasteiger partial charge in [0.25, 0.3) is 0 Å². The summed E-state index contributed by atoms with van der Waals surface area (Å²) in [6.45, 7) is 0.260. The standard InChI is InChI=1S/C18H13N3O2/c19-9-18(17-20-13-3-1-2-4-14(13)21-17)8-12(18)11-5-6-15-16(7-11)23-10-22-15/h1-7,12H,8,10H2,(H,20,21)/t12-,18+/m0/s1. The maximum atomic E-state index is 9.79. The molecule has 0 amide bonds. The van der Waals surface area contributed by atoms with Gasteiger partial charge >= 0.3 is 0 Å². The Morgan fingerprint density at radius 2 is 2.04 bits per heavy atom. The molecule has 1 fully saturated rings. The van der Waals surface area contributed by atoms with Crippen LogP contribution in [0, 0.1) is 11.3 Å². The number of aromatic amines is 1. The van der Waals surface area contributed by atoms with E-state index in [1.807, 2.05) is 42.5 Å². The van der Waals surface area contributed by atoms with Crippen LogP contribution in [0.3, 0.4) is 0 Å². The number of para-hydroxylation sites is 2. The van der Waals surface area contributed by atoms with Crippen molar-refractivity contribution in [3.8, 4) is 17.6 Å². The minimum Gasteiger partial charge on any atom is -0.454 e. The molecule has 2 aliphatic rings. The SMILES string of the molecule is N#C[C@]1(c2nc3ccccc3[nH]2)C[C@H]1c1ccc2c(c1)OCO2. The second kappa shape index (κ2) is 4.26. The predicted octanol–water partition coefficient (Wildman–Crippen LogP) is 3.24. The van der Waals surface area contributed by atoms with E-state index in [4.69, 9.17) is 9.47 Å². The molecule has 1 aromatic heterocycles. The van der Waals surface area contributed by atoms with Gasteiger partial charge in [0.05, 0.1) is 17.1 Å². The lowest BCUT2D eigenvalue weighted by molar-refractivity contribution is 0.174. The van der Waals surface area contributed by atoms with Gasteiger partial charge in [-0.25, -0.2) is 4.98 Å². The van der Waals surface area contributed by atoms with Crippen molar-refractivity contribution < 1.29 is 9.47 Å². The zero-order valence-corrected chi connectivity index (χ0v) is 12.2. The van der Waals surface area contributed by atoms with E-state index in [0.29, 0.717) is 0 Å². The Labute approximate surface area is 132 Å². The minimum atomic E-state index is -0.577. The molecule has 3 aromatic rings. The number of hydrogen-bond donors (Lipinski definition) is 1. The highest BCUT2D eigenvalue weighted by Crippen LogP contribution is 2.60. The Bertz CT molecular complexity index is 939. The molecule has 0 unspecified atom stereocenters. The predicted molar refractivity (Wildman–Crippen MR) is 83.3 cm³/mol. The maximum absolute atomic E-state index is 9.79. The summed E-state index contributed by atoms with van der Waals surface area (Å²) in [6.07, 6.45) is 0.767. The van der Waals surface area contributed by atoms with Gasteiger partial charge in [0.2, 0.25) is 6.79 Å². The fourth-order valence-electron chi connectivity index (χ4n) is 3.40. The lowest BCUT2D eigenvalue weighted by atomic mass is 9.99. The zero-order chi connectivity index (χ0) is 15.4. The fraction of sp³-hybridized carbons (Fsp3) is 0.222. The second-order valence-electron chi connectivity index (χ2n) is 6.06. The average molecular weight is 303 g/mol. The first-order valence-electron chi connectivity index (χ1n) is 7.56. The highest BCUT2D eigenvalue weighted by atomic mass is 16.7. The first-order chi connectivity index (χ1) is 11.3. The maximum Gasteiger partial charge on any atom is 0.231 e. The first kappa shape index (κ1) is 12.5. The molecule has 1 saturated carbocycles. The van der Waals surface area contributed by atoms with Crippen molar-refractivity contribution >= 4 is 11.0 Å². The van der Waals surface area contributed by atoms with E-state index in [0.717, 1.165) is 40.3 Å². The summed E-state index contributed by atoms with van der Waals surface area (Å²) in [7, 11) is 0. The fourth-order valence-corrected chi connectivity index (χ4v) is 3.40. The molecule has 1 aliphatic heterocycles. The van der Waals surface area contributed by atoms with Gasteiger partial charge in [-0.15, -0.1) is 0 Å². The Morgan fingerprint density at radius 3 is 2.91 bits per heavy atom. The van der Waals surface area contributed by atoms with Crippen LogP contribution in [0.1, 0.15) is 23.7 Å². The number of hydrogen-bond acceptors (Lipinski definition) is 4. The average Bonchev–Trinajstić information content (AvgIpc) is 2.95. The zero-order valence-electron chi connectivity index (χ0n) is 12.2. The van der Waals surface area contributed by atoms with Gasteiger partial charge < -0.3 is 14.5 Å². The van der Waals surface area contributed by atoms with E-state index in [1.165, 1.54) is 0 Å². The van der Waals surface area contributed by atoms with Gasteiger partial charge in [-0.3, -0.25) is 0 Å². The van der Waals surface area contributed by atoms with Crippen molar-refractivity contribution in [2.45, 2.75) is 17.8 Å². The molecule has 0 bridgehead atoms. The van der Waals surface area contributed by atoms with Crippen LogP contribution < -0.4 is 9.47 Å². The van der Waals surface area contributed by atoms with E-state index in [2.05, 4.69) is 16.0 Å². The Balaban J connectivity index is 1.55. The number of H-pyrrole nitrogens is 1. The minimum absolute atomic E-state index is 0.127. The third-order valence-corrected chi connectivity index (χ3v) is 4.77. The van der Waals surface area contributed by atoms with Crippen molar-refractivity contribution in [3.05, 3.63) is 53.9 Å². The highest BCUT2D eigenvalue weighted by molar-refractivity contribution is 5.75. The van der Waals surface area contributed by atoms with Crippen LogP contribution in [0.2, 0.25) is 0 Å². The van der Waals surface area contributed by atoms with Crippen molar-refractivity contribution in [1.29, 1.82) is 5.26 Å². The van der Waals surface area contributed by atoms with Crippen molar-refractivity contribution in [3.63, 3.8) is 0 Å². The van der Waals surface area contributed by atoms with Crippen LogP contribution in [0.4, 0.5) is 0 Å². The van der Waals surface area contributed by atoms with Gasteiger partial charge in [-0.05, 0) is 36.2 Å². The van der Waals surface area contributed by atoms with Gasteiger partial charge in [0.15, 0.2) is 11.5 Å². The molecule has 5 rings (SSSR count). The molecule has 0 saturated heterocycles. The number of nitriles is 1. The van der Waals surface area contributed by atoms with E-state index in [-0.39, 0.29) is 12.7 Å². The Kier molecular flexibility index (Phi) is 2.32. The van der Waals surface area contributed by atoms with Gasteiger partial charge in [-0.2, -0.15) is 5.26 Å². The van der Waals surface area contributed by atoms with Crippen LogP contribution in [0.25, 0.3) is 11.0 Å². The molecule has 1 N–H and O–H groups in total. The molecule has 1 aliphatic carbocycles. The molecule has 5 nitrogen and oxygen atoms in total. The first-order valence-corrected chi connectivity index (χ1v) is 7.56. The second-order valence-corrected chi connectivity index (χ2v) is 6.06. The number of fused-ring (bicyclic) bond motifs is 2. The number of rotatable bonds is 2. The molecule has 0 radical (unpaired) electrons. The lowest BCUT2D eigenvalue weighted by Crippen LogP contribution is -2.08. The van der Waals surface area contributed by atoms with Crippen molar-refractivity contribution in [2.24, 2.45) is 0 Å². The third-order valence-electron chi connectivity index (χ3n) is 4.77. The van der Waals surface area contributed by atoms with E-state index >= 15 is 0 Å². The summed E-state index contributed by atoms with van der Waals surface area (Å²) >= 11 is 0. The molecule has 2 aromatic carbocycles. The van der Waals surface area contributed by atoms with E-state index in [9.17, 15) is 5.26 Å². The van der Waals surface area contributed by atoms with Crippen LogP contribution in [0.15, 0.2) is 42.5 Å². The van der Waals surface area contributed by atoms with Gasteiger partial charge in [0.1, 0.15) is 11.2 Å². The van der Waals surface area contributed by atoms with Crippen LogP contribution in [-0.2, 0) is 5.41 Å². The summed E-state index contributed by atoms with van der Waals surface area (Å²) < 4.78 is 10.8. The quantitative estimate of drug-likeness (QED) is 0.789. The van der Waals surface area contributed by atoms with Crippen LogP contribution in [-0.4, -0.2) is 16.8 Å². The molecule has 112 valence electrons. The van der Waals surface area contributed by atoms with Crippen molar-refractivity contribution in [2.75, 3.05) is 6.79 Å². The number of imidazole rings is 1. The molecular weight excluding hydrogens is 290 g/mol. The summed E-state index contributed by atoms with van der Waals surface area (Å²) in [5, 5.41) is 9.79. The lowest BCUT2D eigenvalue weighted by Gasteiger charge is -2.06. The third kappa shape index (κ3) is 1.69. The number of ether oxygens (including phenoxy) is 2. The van der Waals surface area contributed by atoms with E-state index < -0.39 is 5.41 Å². The summed E-state index contributed by atoms with van der Waals surface area (Å²) in [5.74, 6) is 2.40. The number of nitrogens with one attached hydrogen (secondary N) is 1. The van der Waals surface area contributed by atoms with Crippen molar-refractivity contribution in [1.82, 2.24) is 9.97 Å². The number of nitrogens with zero attached hydrogens (tertiary/aromatic N) is 2. The number of benzene rings is 2. The highest BCUT2D eigenvalue weighted by Gasteiger charge is 2.59. The molecular formula is C18H13N3O2. The molecule has 5 heteroatoms. The van der Waals surface area contributed by atoms with E-state index in [1.54, 1.807) is 0 Å². The topological polar surface area (TPSA) is 70.9 Å². The number of aromatic nitrogens is 2. The molecule has 0 spiro atoms. The molecule has 2 heterocycles. The smallest absolute Gasteiger partial charge is 0.231 e. The Morgan fingerprint density at radius 1 is 1.17 bits per heavy atom. The van der Waals surface area contributed by atoms with Gasteiger partial charge in [0, 0.05) is 5.92 Å². The summed E-state index contributed by atoms with van der Waals surface area (Å²) in [4.78, 5) is 7.94. The molecule has 23 heavy (non-hydrogen) atoms. The normalized spacial score (nSPS) is 24.6. The largest absolute Gasteiger partial charge is 0.454 e. The van der Waals surface area contributed by atoms with Crippen LogP contribution >= 0.6 is 0 Å². The van der Waals surface area contributed by atoms with Crippen LogP contribution in [0.5, 0.6) is 11.5 Å². The van der Waals surface area contributed by atoms with Gasteiger partial charge in [-0.1, -0.05) is 18.2 Å². The summed E-state index contributed by atoms with van der Waals surface area (Å²) in [5.41, 5.74) is 2.38. The Hall–Kier alpha value is -3.00. The monoisotopic (exact) mass is 303 g/mol.